The van der Waals surface area contributed by atoms with Crippen molar-refractivity contribution >= 4 is 0 Å². The van der Waals surface area contributed by atoms with Gasteiger partial charge in [0.05, 0.1) is 11.7 Å². The summed E-state index contributed by atoms with van der Waals surface area (Å²) in [6, 6.07) is 0. The monoisotopic (exact) mass is 210 g/mol. The molecule has 0 aromatic carbocycles. The summed E-state index contributed by atoms with van der Waals surface area (Å²) in [4.78, 5) is 0. The van der Waals surface area contributed by atoms with Crippen molar-refractivity contribution in [2.24, 2.45) is 17.8 Å². The maximum atomic E-state index is 10.1. The molecule has 4 fully saturated rings. The average molecular weight is 210 g/mol. The molecule has 4 aliphatic rings. The molecule has 0 radical (unpaired) electrons. The van der Waals surface area contributed by atoms with Gasteiger partial charge in [0.15, 0.2) is 0 Å². The average Bonchev–Trinajstić information content (AvgIpc) is 2.22. The molecule has 2 nitrogen and oxygen atoms in total. The minimum atomic E-state index is -0.0140. The van der Waals surface area contributed by atoms with E-state index in [2.05, 4.69) is 6.92 Å². The Morgan fingerprint density at radius 3 is 2.47 bits per heavy atom. The van der Waals surface area contributed by atoms with Crippen molar-refractivity contribution < 1.29 is 9.84 Å². The molecule has 2 atom stereocenters. The molecule has 4 rings (SSSR count). The van der Waals surface area contributed by atoms with Crippen LogP contribution in [-0.2, 0) is 4.74 Å². The van der Waals surface area contributed by atoms with Crippen molar-refractivity contribution in [1.82, 2.24) is 0 Å². The summed E-state index contributed by atoms with van der Waals surface area (Å²) in [5.74, 6) is 1.95. The fourth-order valence-corrected chi connectivity index (χ4v) is 4.42. The van der Waals surface area contributed by atoms with Crippen molar-refractivity contribution in [3.8, 4) is 0 Å². The highest BCUT2D eigenvalue weighted by Crippen LogP contribution is 2.57. The molecule has 0 aromatic rings. The minimum Gasteiger partial charge on any atom is -0.393 e. The molecular formula is C13H22O2. The van der Waals surface area contributed by atoms with Crippen LogP contribution in [0.15, 0.2) is 0 Å². The Labute approximate surface area is 92.0 Å². The zero-order valence-corrected chi connectivity index (χ0v) is 9.61. The quantitative estimate of drug-likeness (QED) is 0.775. The third-order valence-corrected chi connectivity index (χ3v) is 4.78. The third-order valence-electron chi connectivity index (χ3n) is 4.78. The van der Waals surface area contributed by atoms with Crippen LogP contribution >= 0.6 is 0 Å². The molecule has 0 aliphatic heterocycles. The van der Waals surface area contributed by atoms with E-state index in [0.717, 1.165) is 31.8 Å². The van der Waals surface area contributed by atoms with Crippen LogP contribution in [0.4, 0.5) is 0 Å². The molecule has 15 heavy (non-hydrogen) atoms. The number of rotatable bonds is 3. The molecule has 4 bridgehead atoms. The first kappa shape index (κ1) is 10.1. The Balaban J connectivity index is 1.77. The van der Waals surface area contributed by atoms with Crippen molar-refractivity contribution in [3.63, 3.8) is 0 Å². The van der Waals surface area contributed by atoms with Gasteiger partial charge >= 0.3 is 0 Å². The summed E-state index contributed by atoms with van der Waals surface area (Å²) in [7, 11) is 0. The van der Waals surface area contributed by atoms with Crippen LogP contribution in [0.5, 0.6) is 0 Å². The maximum absolute atomic E-state index is 10.1. The standard InChI is InChI=1S/C13H22O2/c1-2-3-15-13-6-9-4-10(7-13)12(14)11(5-9)8-13/h9-12,14H,2-8H2,1H3. The fourth-order valence-electron chi connectivity index (χ4n) is 4.42. The SMILES string of the molecule is CCCOC12CC3CC(C1)C(O)C(C3)C2. The van der Waals surface area contributed by atoms with Gasteiger partial charge in [-0.2, -0.15) is 0 Å². The van der Waals surface area contributed by atoms with E-state index in [4.69, 9.17) is 4.74 Å². The molecule has 2 unspecified atom stereocenters. The van der Waals surface area contributed by atoms with Gasteiger partial charge in [-0.1, -0.05) is 6.92 Å². The third kappa shape index (κ3) is 1.53. The normalized spacial score (nSPS) is 52.4. The minimum absolute atomic E-state index is 0.0140. The van der Waals surface area contributed by atoms with E-state index in [1.807, 2.05) is 0 Å². The predicted molar refractivity (Wildman–Crippen MR) is 58.5 cm³/mol. The van der Waals surface area contributed by atoms with Crippen molar-refractivity contribution in [3.05, 3.63) is 0 Å². The molecule has 2 heteroatoms. The predicted octanol–water partition coefficient (Wildman–Crippen LogP) is 2.35. The Hall–Kier alpha value is -0.0800. The van der Waals surface area contributed by atoms with Gasteiger partial charge < -0.3 is 9.84 Å². The second-order valence-electron chi connectivity index (χ2n) is 5.99. The lowest BCUT2D eigenvalue weighted by Crippen LogP contribution is -2.57. The first-order valence-corrected chi connectivity index (χ1v) is 6.54. The number of hydrogen-bond donors (Lipinski definition) is 1. The second-order valence-corrected chi connectivity index (χ2v) is 5.99. The van der Waals surface area contributed by atoms with Crippen molar-refractivity contribution in [1.29, 1.82) is 0 Å². The molecule has 0 spiro atoms. The van der Waals surface area contributed by atoms with E-state index in [1.165, 1.54) is 19.3 Å². The Bertz CT molecular complexity index is 235. The van der Waals surface area contributed by atoms with E-state index in [-0.39, 0.29) is 11.7 Å². The highest BCUT2D eigenvalue weighted by atomic mass is 16.5. The largest absolute Gasteiger partial charge is 0.393 e. The maximum Gasteiger partial charge on any atom is 0.0692 e. The van der Waals surface area contributed by atoms with Crippen LogP contribution in [0.25, 0.3) is 0 Å². The van der Waals surface area contributed by atoms with E-state index in [1.54, 1.807) is 0 Å². The number of aliphatic hydroxyl groups is 1. The topological polar surface area (TPSA) is 29.5 Å². The Kier molecular flexibility index (Phi) is 2.33. The van der Waals surface area contributed by atoms with E-state index >= 15 is 0 Å². The van der Waals surface area contributed by atoms with Crippen LogP contribution in [0.1, 0.15) is 45.4 Å². The lowest BCUT2D eigenvalue weighted by atomic mass is 9.53. The van der Waals surface area contributed by atoms with E-state index in [9.17, 15) is 5.11 Å². The highest BCUT2D eigenvalue weighted by molar-refractivity contribution is 5.06. The first-order chi connectivity index (χ1) is 7.22. The van der Waals surface area contributed by atoms with Gasteiger partial charge in [0, 0.05) is 6.61 Å². The number of ether oxygens (including phenoxy) is 1. The molecule has 86 valence electrons. The zero-order valence-electron chi connectivity index (χ0n) is 9.61. The lowest BCUT2D eigenvalue weighted by Gasteiger charge is -2.58. The molecule has 0 saturated heterocycles. The van der Waals surface area contributed by atoms with Gasteiger partial charge in [-0.05, 0) is 56.3 Å². The molecule has 0 amide bonds. The van der Waals surface area contributed by atoms with Gasteiger partial charge in [0.1, 0.15) is 0 Å². The van der Waals surface area contributed by atoms with Gasteiger partial charge in [0.25, 0.3) is 0 Å². The summed E-state index contributed by atoms with van der Waals surface area (Å²) >= 11 is 0. The number of aliphatic hydroxyl groups excluding tert-OH is 1. The number of hydrogen-bond acceptors (Lipinski definition) is 2. The zero-order chi connectivity index (χ0) is 10.5. The van der Waals surface area contributed by atoms with Gasteiger partial charge in [-0.3, -0.25) is 0 Å². The summed E-state index contributed by atoms with van der Waals surface area (Å²) in [6.07, 6.45) is 7.14. The summed E-state index contributed by atoms with van der Waals surface area (Å²) in [5, 5.41) is 10.1. The second kappa shape index (κ2) is 3.46. The Morgan fingerprint density at radius 2 is 1.87 bits per heavy atom. The first-order valence-electron chi connectivity index (χ1n) is 6.54. The lowest BCUT2D eigenvalue weighted by molar-refractivity contribution is -0.200. The van der Waals surface area contributed by atoms with E-state index < -0.39 is 0 Å². The summed E-state index contributed by atoms with van der Waals surface area (Å²) in [5.41, 5.74) is 0.172. The van der Waals surface area contributed by atoms with Crippen LogP contribution < -0.4 is 0 Å². The molecule has 1 N–H and O–H groups in total. The smallest absolute Gasteiger partial charge is 0.0692 e. The summed E-state index contributed by atoms with van der Waals surface area (Å²) in [6.45, 7) is 3.08. The molecule has 4 aliphatic carbocycles. The van der Waals surface area contributed by atoms with Crippen LogP contribution in [0.2, 0.25) is 0 Å². The van der Waals surface area contributed by atoms with Crippen LogP contribution in [-0.4, -0.2) is 23.4 Å². The summed E-state index contributed by atoms with van der Waals surface area (Å²) < 4.78 is 6.13. The molecule has 0 heterocycles. The molecular weight excluding hydrogens is 188 g/mol. The fraction of sp³-hybridized carbons (Fsp3) is 1.00. The van der Waals surface area contributed by atoms with Gasteiger partial charge in [0.2, 0.25) is 0 Å². The van der Waals surface area contributed by atoms with Gasteiger partial charge in [-0.15, -0.1) is 0 Å². The van der Waals surface area contributed by atoms with Gasteiger partial charge in [-0.25, -0.2) is 0 Å². The molecule has 4 saturated carbocycles. The van der Waals surface area contributed by atoms with Crippen LogP contribution in [0, 0.1) is 17.8 Å². The highest BCUT2D eigenvalue weighted by Gasteiger charge is 2.55. The Morgan fingerprint density at radius 1 is 1.20 bits per heavy atom. The van der Waals surface area contributed by atoms with Crippen molar-refractivity contribution in [2.45, 2.75) is 57.2 Å². The van der Waals surface area contributed by atoms with Crippen LogP contribution in [0.3, 0.4) is 0 Å². The van der Waals surface area contributed by atoms with E-state index in [0.29, 0.717) is 11.8 Å². The van der Waals surface area contributed by atoms with Crippen molar-refractivity contribution in [2.75, 3.05) is 6.61 Å². The molecule has 0 aromatic heterocycles.